The molecule has 0 unspecified atom stereocenters. The second-order valence-corrected chi connectivity index (χ2v) is 4.60. The van der Waals surface area contributed by atoms with Crippen molar-refractivity contribution in [3.8, 4) is 0 Å². The molecule has 6 heteroatoms. The van der Waals surface area contributed by atoms with E-state index in [9.17, 15) is 4.79 Å². The number of anilines is 1. The zero-order valence-electron chi connectivity index (χ0n) is 11.6. The predicted octanol–water partition coefficient (Wildman–Crippen LogP) is 1.90. The average molecular weight is 262 g/mol. The second kappa shape index (κ2) is 5.26. The fourth-order valence-electron chi connectivity index (χ4n) is 2.01. The van der Waals surface area contributed by atoms with Gasteiger partial charge < -0.3 is 4.42 Å². The Morgan fingerprint density at radius 3 is 2.68 bits per heavy atom. The van der Waals surface area contributed by atoms with Crippen LogP contribution >= 0.6 is 0 Å². The van der Waals surface area contributed by atoms with Gasteiger partial charge in [0.05, 0.1) is 11.9 Å². The minimum atomic E-state index is -0.107. The molecule has 0 aliphatic rings. The Kier molecular flexibility index (Phi) is 3.69. The molecule has 0 saturated carbocycles. The van der Waals surface area contributed by atoms with Crippen molar-refractivity contribution in [1.29, 1.82) is 0 Å². The van der Waals surface area contributed by atoms with Gasteiger partial charge in [0.15, 0.2) is 0 Å². The average Bonchev–Trinajstić information content (AvgIpc) is 2.83. The van der Waals surface area contributed by atoms with Crippen LogP contribution in [0.25, 0.3) is 0 Å². The van der Waals surface area contributed by atoms with Gasteiger partial charge in [-0.25, -0.2) is 4.98 Å². The van der Waals surface area contributed by atoms with Crippen molar-refractivity contribution in [2.45, 2.75) is 33.6 Å². The number of carbonyl (C=O) groups is 1. The zero-order valence-corrected chi connectivity index (χ0v) is 11.6. The standard InChI is InChI=1S/C13H18N4O2/c1-8-7-14-13(19-8)15-12(18)6-5-11-9(2)16-17(4)10(11)3/h7H,5-6H2,1-4H3,(H,14,15,18). The van der Waals surface area contributed by atoms with Gasteiger partial charge in [0.1, 0.15) is 5.76 Å². The lowest BCUT2D eigenvalue weighted by molar-refractivity contribution is -0.116. The number of hydrogen-bond donors (Lipinski definition) is 1. The van der Waals surface area contributed by atoms with Crippen LogP contribution in [0.15, 0.2) is 10.6 Å². The van der Waals surface area contributed by atoms with E-state index >= 15 is 0 Å². The molecular weight excluding hydrogens is 244 g/mol. The lowest BCUT2D eigenvalue weighted by atomic mass is 10.1. The number of nitrogens with one attached hydrogen (secondary N) is 1. The molecule has 2 rings (SSSR count). The lowest BCUT2D eigenvalue weighted by Crippen LogP contribution is -2.12. The Bertz CT molecular complexity index is 598. The maximum atomic E-state index is 11.8. The quantitative estimate of drug-likeness (QED) is 0.913. The highest BCUT2D eigenvalue weighted by molar-refractivity contribution is 5.88. The molecule has 1 amide bonds. The van der Waals surface area contributed by atoms with Gasteiger partial charge in [-0.3, -0.25) is 14.8 Å². The molecule has 0 spiro atoms. The van der Waals surface area contributed by atoms with E-state index in [0.717, 1.165) is 17.0 Å². The number of nitrogens with zero attached hydrogens (tertiary/aromatic N) is 3. The van der Waals surface area contributed by atoms with Crippen LogP contribution in [0.1, 0.15) is 29.1 Å². The molecule has 2 heterocycles. The van der Waals surface area contributed by atoms with Gasteiger partial charge in [-0.05, 0) is 32.8 Å². The maximum absolute atomic E-state index is 11.8. The predicted molar refractivity (Wildman–Crippen MR) is 70.9 cm³/mol. The van der Waals surface area contributed by atoms with Gasteiger partial charge in [-0.15, -0.1) is 0 Å². The molecule has 6 nitrogen and oxygen atoms in total. The summed E-state index contributed by atoms with van der Waals surface area (Å²) in [5, 5.41) is 6.96. The largest absolute Gasteiger partial charge is 0.429 e. The van der Waals surface area contributed by atoms with Crippen LogP contribution in [0.5, 0.6) is 0 Å². The van der Waals surface area contributed by atoms with E-state index in [1.165, 1.54) is 0 Å². The molecule has 0 bridgehead atoms. The molecule has 0 aromatic carbocycles. The van der Waals surface area contributed by atoms with Crippen molar-refractivity contribution in [1.82, 2.24) is 14.8 Å². The van der Waals surface area contributed by atoms with Gasteiger partial charge in [0.2, 0.25) is 5.91 Å². The van der Waals surface area contributed by atoms with Gasteiger partial charge in [-0.1, -0.05) is 0 Å². The van der Waals surface area contributed by atoms with Crippen LogP contribution in [0, 0.1) is 20.8 Å². The van der Waals surface area contributed by atoms with Crippen molar-refractivity contribution in [2.24, 2.45) is 7.05 Å². The van der Waals surface area contributed by atoms with Gasteiger partial charge in [-0.2, -0.15) is 5.10 Å². The van der Waals surface area contributed by atoms with E-state index in [-0.39, 0.29) is 11.9 Å². The highest BCUT2D eigenvalue weighted by atomic mass is 16.4. The fourth-order valence-corrected chi connectivity index (χ4v) is 2.01. The normalized spacial score (nSPS) is 10.7. The first-order valence-electron chi connectivity index (χ1n) is 6.18. The van der Waals surface area contributed by atoms with Crippen LogP contribution in [0.3, 0.4) is 0 Å². The Morgan fingerprint density at radius 2 is 2.16 bits per heavy atom. The molecule has 2 aromatic rings. The number of carbonyl (C=O) groups excluding carboxylic acids is 1. The summed E-state index contributed by atoms with van der Waals surface area (Å²) in [5.41, 5.74) is 3.19. The first-order valence-corrected chi connectivity index (χ1v) is 6.18. The number of hydrogen-bond acceptors (Lipinski definition) is 4. The van der Waals surface area contributed by atoms with Crippen molar-refractivity contribution < 1.29 is 9.21 Å². The summed E-state index contributed by atoms with van der Waals surface area (Å²) in [4.78, 5) is 15.7. The number of rotatable bonds is 4. The van der Waals surface area contributed by atoms with Crippen molar-refractivity contribution >= 4 is 11.9 Å². The number of amides is 1. The van der Waals surface area contributed by atoms with E-state index in [1.807, 2.05) is 25.6 Å². The molecule has 0 aliphatic carbocycles. The summed E-state index contributed by atoms with van der Waals surface area (Å²) >= 11 is 0. The van der Waals surface area contributed by atoms with E-state index in [0.29, 0.717) is 18.6 Å². The van der Waals surface area contributed by atoms with Crippen molar-refractivity contribution in [2.75, 3.05) is 5.32 Å². The Balaban J connectivity index is 1.93. The van der Waals surface area contributed by atoms with Gasteiger partial charge in [0.25, 0.3) is 0 Å². The molecule has 2 aromatic heterocycles. The SMILES string of the molecule is Cc1cnc(NC(=O)CCc2c(C)nn(C)c2C)o1. The van der Waals surface area contributed by atoms with Gasteiger partial charge >= 0.3 is 6.01 Å². The highest BCUT2D eigenvalue weighted by Crippen LogP contribution is 2.15. The molecule has 102 valence electrons. The monoisotopic (exact) mass is 262 g/mol. The third-order valence-corrected chi connectivity index (χ3v) is 3.13. The number of oxazole rings is 1. The second-order valence-electron chi connectivity index (χ2n) is 4.60. The number of aromatic nitrogens is 3. The third kappa shape index (κ3) is 3.01. The molecular formula is C13H18N4O2. The molecule has 1 N–H and O–H groups in total. The molecule has 0 radical (unpaired) electrons. The first kappa shape index (κ1) is 13.3. The van der Waals surface area contributed by atoms with Crippen LogP contribution in [-0.2, 0) is 18.3 Å². The Morgan fingerprint density at radius 1 is 1.42 bits per heavy atom. The summed E-state index contributed by atoms with van der Waals surface area (Å²) in [6.07, 6.45) is 2.62. The highest BCUT2D eigenvalue weighted by Gasteiger charge is 2.12. The first-order chi connectivity index (χ1) is 8.97. The van der Waals surface area contributed by atoms with Crippen LogP contribution < -0.4 is 5.32 Å². The molecule has 0 saturated heterocycles. The Hall–Kier alpha value is -2.11. The summed E-state index contributed by atoms with van der Waals surface area (Å²) in [7, 11) is 1.90. The minimum Gasteiger partial charge on any atom is -0.429 e. The van der Waals surface area contributed by atoms with Crippen LogP contribution in [0.2, 0.25) is 0 Å². The third-order valence-electron chi connectivity index (χ3n) is 3.13. The molecule has 0 fully saturated rings. The molecule has 0 aliphatic heterocycles. The lowest BCUT2D eigenvalue weighted by Gasteiger charge is -2.02. The summed E-state index contributed by atoms with van der Waals surface area (Å²) in [6.45, 7) is 5.74. The topological polar surface area (TPSA) is 73.0 Å². The smallest absolute Gasteiger partial charge is 0.301 e. The van der Waals surface area contributed by atoms with E-state index in [4.69, 9.17) is 4.42 Å². The van der Waals surface area contributed by atoms with Crippen LogP contribution in [-0.4, -0.2) is 20.7 Å². The molecule has 0 atom stereocenters. The Labute approximate surface area is 111 Å². The summed E-state index contributed by atoms with van der Waals surface area (Å²) in [6, 6.07) is 0.252. The van der Waals surface area contributed by atoms with Crippen LogP contribution in [0.4, 0.5) is 6.01 Å². The summed E-state index contributed by atoms with van der Waals surface area (Å²) < 4.78 is 7.03. The maximum Gasteiger partial charge on any atom is 0.301 e. The van der Waals surface area contributed by atoms with Gasteiger partial charge in [0, 0.05) is 19.2 Å². The fraction of sp³-hybridized carbons (Fsp3) is 0.462. The molecule has 19 heavy (non-hydrogen) atoms. The zero-order chi connectivity index (χ0) is 14.0. The van der Waals surface area contributed by atoms with E-state index in [1.54, 1.807) is 13.1 Å². The minimum absolute atomic E-state index is 0.107. The van der Waals surface area contributed by atoms with E-state index in [2.05, 4.69) is 15.4 Å². The van der Waals surface area contributed by atoms with Crippen molar-refractivity contribution in [3.63, 3.8) is 0 Å². The van der Waals surface area contributed by atoms with E-state index < -0.39 is 0 Å². The number of aryl methyl sites for hydroxylation is 3. The summed E-state index contributed by atoms with van der Waals surface area (Å²) in [5.74, 6) is 0.568. The van der Waals surface area contributed by atoms with Crippen molar-refractivity contribution in [3.05, 3.63) is 28.9 Å².